The fourth-order valence-electron chi connectivity index (χ4n) is 5.64. The number of carbonyl (C=O) groups excluding carboxylic acids is 1. The Hall–Kier alpha value is -2.37. The summed E-state index contributed by atoms with van der Waals surface area (Å²) in [6, 6.07) is 1.42. The molecule has 0 radical (unpaired) electrons. The van der Waals surface area contributed by atoms with Crippen LogP contribution < -0.4 is 11.3 Å². The van der Waals surface area contributed by atoms with Crippen LogP contribution in [0, 0.1) is 16.3 Å². The van der Waals surface area contributed by atoms with Crippen molar-refractivity contribution in [3.05, 3.63) is 59.2 Å². The van der Waals surface area contributed by atoms with Crippen LogP contribution in [-0.2, 0) is 34.7 Å². The maximum absolute atomic E-state index is 15.1. The van der Waals surface area contributed by atoms with Crippen LogP contribution in [0.4, 0.5) is 4.39 Å². The summed E-state index contributed by atoms with van der Waals surface area (Å²) in [5, 5.41) is 12.0. The van der Waals surface area contributed by atoms with E-state index in [1.165, 1.54) is 0 Å². The van der Waals surface area contributed by atoms with E-state index in [0.717, 1.165) is 22.1 Å². The molecule has 0 spiro atoms. The first kappa shape index (κ1) is 21.2. The van der Waals surface area contributed by atoms with Gasteiger partial charge in [0, 0.05) is 22.6 Å². The van der Waals surface area contributed by atoms with E-state index in [1.54, 1.807) is 24.5 Å². The topological polar surface area (TPSA) is 107 Å². The second-order valence-corrected chi connectivity index (χ2v) is 10.1. The van der Waals surface area contributed by atoms with Gasteiger partial charge in [0.1, 0.15) is 12.4 Å². The third-order valence-electron chi connectivity index (χ3n) is 7.50. The molecule has 1 aromatic carbocycles. The maximum atomic E-state index is 15.1. The Morgan fingerprint density at radius 2 is 2.12 bits per heavy atom. The number of nitrogens with two attached hydrogens (primary N) is 1. The number of esters is 1. The number of hydrogen-bond acceptors (Lipinski definition) is 6. The number of halogens is 2. The second kappa shape index (κ2) is 6.83. The van der Waals surface area contributed by atoms with Gasteiger partial charge in [0.05, 0.1) is 32.6 Å². The summed E-state index contributed by atoms with van der Waals surface area (Å²) in [6.07, 6.45) is 1.43. The van der Waals surface area contributed by atoms with E-state index in [2.05, 4.69) is 0 Å². The Balaban J connectivity index is 1.73. The highest BCUT2D eigenvalue weighted by molar-refractivity contribution is 14.1. The minimum atomic E-state index is -1.89. The molecular weight excluding hydrogens is 540 g/mol. The standard InChI is InChI=1S/C24H21FIN3O4/c1-3-24(32)13-6-15-20-11(7-29(15)22(30)12(13)8-33-23(24)31)16-14(27)5-4-10-9(2)18(25)19(26)21(28-20)17(10)16/h6,14,32H,3-5,7-8,27H2,1-2H3/t14-,24-/m0/s1. The highest BCUT2D eigenvalue weighted by atomic mass is 127. The van der Waals surface area contributed by atoms with Crippen molar-refractivity contribution in [3.8, 4) is 11.4 Å². The second-order valence-electron chi connectivity index (χ2n) is 9.06. The van der Waals surface area contributed by atoms with Crippen molar-refractivity contribution < 1.29 is 19.0 Å². The molecule has 4 heterocycles. The zero-order chi connectivity index (χ0) is 23.4. The lowest BCUT2D eigenvalue weighted by atomic mass is 9.82. The van der Waals surface area contributed by atoms with Gasteiger partial charge in [0.2, 0.25) is 0 Å². The average molecular weight is 561 g/mol. The zero-order valence-electron chi connectivity index (χ0n) is 18.1. The Morgan fingerprint density at radius 3 is 2.85 bits per heavy atom. The van der Waals surface area contributed by atoms with Crippen LogP contribution in [0.5, 0.6) is 0 Å². The van der Waals surface area contributed by atoms with Gasteiger partial charge >= 0.3 is 5.97 Å². The van der Waals surface area contributed by atoms with Crippen LogP contribution in [0.2, 0.25) is 0 Å². The summed E-state index contributed by atoms with van der Waals surface area (Å²) in [6.45, 7) is 3.56. The van der Waals surface area contributed by atoms with Crippen molar-refractivity contribution in [2.24, 2.45) is 5.73 Å². The predicted octanol–water partition coefficient (Wildman–Crippen LogP) is 3.08. The fourth-order valence-corrected chi connectivity index (χ4v) is 6.44. The number of aryl methyl sites for hydroxylation is 1. The number of benzene rings is 1. The van der Waals surface area contributed by atoms with Crippen LogP contribution in [-0.4, -0.2) is 20.6 Å². The van der Waals surface area contributed by atoms with Crippen LogP contribution in [0.25, 0.3) is 22.3 Å². The van der Waals surface area contributed by atoms with Crippen molar-refractivity contribution in [2.45, 2.75) is 57.9 Å². The van der Waals surface area contributed by atoms with Crippen molar-refractivity contribution in [3.63, 3.8) is 0 Å². The van der Waals surface area contributed by atoms with E-state index in [-0.39, 0.29) is 48.1 Å². The van der Waals surface area contributed by atoms with Gasteiger partial charge in [-0.3, -0.25) is 4.79 Å². The van der Waals surface area contributed by atoms with Gasteiger partial charge in [-0.2, -0.15) is 0 Å². The number of rotatable bonds is 1. The number of fused-ring (bicyclic) bond motifs is 5. The van der Waals surface area contributed by atoms with Crippen molar-refractivity contribution in [2.75, 3.05) is 0 Å². The molecular formula is C24H21FIN3O4. The first-order chi connectivity index (χ1) is 15.7. The van der Waals surface area contributed by atoms with Gasteiger partial charge in [-0.15, -0.1) is 0 Å². The van der Waals surface area contributed by atoms with E-state index >= 15 is 4.39 Å². The minimum absolute atomic E-state index is 0.0710. The monoisotopic (exact) mass is 561 g/mol. The molecule has 6 rings (SSSR count). The lowest BCUT2D eigenvalue weighted by molar-refractivity contribution is -0.172. The van der Waals surface area contributed by atoms with E-state index < -0.39 is 11.6 Å². The summed E-state index contributed by atoms with van der Waals surface area (Å²) in [7, 11) is 0. The Bertz CT molecular complexity index is 1500. The number of aromatic nitrogens is 2. The molecule has 3 aromatic rings. The fraction of sp³-hybridized carbons (Fsp3) is 0.375. The summed E-state index contributed by atoms with van der Waals surface area (Å²) in [5.41, 5.74) is 9.81. The third-order valence-corrected chi connectivity index (χ3v) is 8.49. The van der Waals surface area contributed by atoms with Gasteiger partial charge in [-0.05, 0) is 71.5 Å². The molecule has 170 valence electrons. The molecule has 0 amide bonds. The van der Waals surface area contributed by atoms with Crippen LogP contribution >= 0.6 is 22.6 Å². The molecule has 0 bridgehead atoms. The number of hydrogen-bond donors (Lipinski definition) is 2. The third kappa shape index (κ3) is 2.53. The normalized spacial score (nSPS) is 22.7. The first-order valence-corrected chi connectivity index (χ1v) is 12.0. The summed E-state index contributed by atoms with van der Waals surface area (Å²) < 4.78 is 22.2. The smallest absolute Gasteiger partial charge is 0.343 e. The van der Waals surface area contributed by atoms with Crippen LogP contribution in [0.3, 0.4) is 0 Å². The number of carbonyl (C=O) groups is 1. The maximum Gasteiger partial charge on any atom is 0.343 e. The average Bonchev–Trinajstić information content (AvgIpc) is 3.18. The highest BCUT2D eigenvalue weighted by Gasteiger charge is 2.45. The van der Waals surface area contributed by atoms with Crippen molar-refractivity contribution in [1.82, 2.24) is 9.55 Å². The molecule has 1 aliphatic carbocycles. The van der Waals surface area contributed by atoms with E-state index in [0.29, 0.717) is 38.9 Å². The van der Waals surface area contributed by atoms with Crippen molar-refractivity contribution >= 4 is 39.5 Å². The van der Waals surface area contributed by atoms with Crippen LogP contribution in [0.15, 0.2) is 10.9 Å². The Labute approximate surface area is 201 Å². The molecule has 0 saturated heterocycles. The number of ether oxygens (including phenoxy) is 1. The van der Waals surface area contributed by atoms with Crippen molar-refractivity contribution in [1.29, 1.82) is 0 Å². The molecule has 3 aliphatic rings. The van der Waals surface area contributed by atoms with Gasteiger partial charge in [0.15, 0.2) is 5.60 Å². The lowest BCUT2D eigenvalue weighted by Gasteiger charge is -2.31. The summed E-state index contributed by atoms with van der Waals surface area (Å²) in [5.74, 6) is -1.05. The van der Waals surface area contributed by atoms with Crippen LogP contribution in [0.1, 0.15) is 59.2 Å². The molecule has 7 nitrogen and oxygen atoms in total. The molecule has 0 fully saturated rings. The molecule has 33 heavy (non-hydrogen) atoms. The summed E-state index contributed by atoms with van der Waals surface area (Å²) in [4.78, 5) is 30.7. The Morgan fingerprint density at radius 1 is 1.36 bits per heavy atom. The largest absolute Gasteiger partial charge is 0.458 e. The molecule has 9 heteroatoms. The lowest BCUT2D eigenvalue weighted by Crippen LogP contribution is -2.44. The van der Waals surface area contributed by atoms with Gasteiger partial charge < -0.3 is 20.1 Å². The molecule has 2 atom stereocenters. The molecule has 2 aromatic heterocycles. The molecule has 0 unspecified atom stereocenters. The SMILES string of the molecule is CC[C@@]1(O)C(=O)OCc2c1cc1n(c2=O)Cc2c-1nc1c(I)c(F)c(C)c3c1c2[C@@H](N)CC3. The van der Waals surface area contributed by atoms with Gasteiger partial charge in [-0.25, -0.2) is 14.2 Å². The predicted molar refractivity (Wildman–Crippen MR) is 127 cm³/mol. The minimum Gasteiger partial charge on any atom is -0.458 e. The number of pyridine rings is 2. The quantitative estimate of drug-likeness (QED) is 0.273. The zero-order valence-corrected chi connectivity index (χ0v) is 20.2. The van der Waals surface area contributed by atoms with E-state index in [1.807, 2.05) is 22.6 Å². The van der Waals surface area contributed by atoms with E-state index in [4.69, 9.17) is 15.5 Å². The number of aliphatic hydroxyl groups is 1. The van der Waals surface area contributed by atoms with Gasteiger partial charge in [0.25, 0.3) is 5.56 Å². The Kier molecular flexibility index (Phi) is 4.38. The number of cyclic esters (lactones) is 1. The summed E-state index contributed by atoms with van der Waals surface area (Å²) >= 11 is 1.98. The van der Waals surface area contributed by atoms with E-state index in [9.17, 15) is 14.7 Å². The highest BCUT2D eigenvalue weighted by Crippen LogP contribution is 2.46. The first-order valence-electron chi connectivity index (χ1n) is 10.9. The van der Waals surface area contributed by atoms with Gasteiger partial charge in [-0.1, -0.05) is 6.92 Å². The molecule has 0 saturated carbocycles. The number of nitrogens with zero attached hydrogens (tertiary/aromatic N) is 2. The molecule has 3 N–H and O–H groups in total. The molecule has 2 aliphatic heterocycles.